The highest BCUT2D eigenvalue weighted by molar-refractivity contribution is 5.84. The summed E-state index contributed by atoms with van der Waals surface area (Å²) in [6.45, 7) is 0.0618. The number of nitrogens with one attached hydrogen (secondary N) is 1. The van der Waals surface area contributed by atoms with Crippen molar-refractivity contribution in [3.8, 4) is 5.75 Å². The highest BCUT2D eigenvalue weighted by Gasteiger charge is 2.12. The van der Waals surface area contributed by atoms with E-state index in [9.17, 15) is 14.9 Å². The average Bonchev–Trinajstić information content (AvgIpc) is 3.03. The number of carbonyl (C=O) groups excluding carboxylic acids is 1. The zero-order chi connectivity index (χ0) is 17.8. The highest BCUT2D eigenvalue weighted by Crippen LogP contribution is 2.22. The summed E-state index contributed by atoms with van der Waals surface area (Å²) in [5, 5.41) is 13.3. The molecule has 9 nitrogen and oxygen atoms in total. The minimum absolute atomic E-state index is 0.0537. The van der Waals surface area contributed by atoms with Crippen molar-refractivity contribution >= 4 is 28.6 Å². The quantitative estimate of drug-likeness (QED) is 0.556. The number of ether oxygens (including phenoxy) is 2. The Kier molecular flexibility index (Phi) is 4.46. The van der Waals surface area contributed by atoms with Crippen LogP contribution in [0.25, 0.3) is 11.1 Å². The summed E-state index contributed by atoms with van der Waals surface area (Å²) in [6.07, 6.45) is -0.561. The van der Waals surface area contributed by atoms with Crippen LogP contribution < -0.4 is 10.1 Å². The van der Waals surface area contributed by atoms with Gasteiger partial charge in [-0.25, -0.2) is 9.78 Å². The lowest BCUT2D eigenvalue weighted by atomic mass is 10.3. The van der Waals surface area contributed by atoms with E-state index in [0.717, 1.165) is 0 Å². The second-order valence-electron chi connectivity index (χ2n) is 4.95. The van der Waals surface area contributed by atoms with Crippen LogP contribution in [-0.2, 0) is 11.3 Å². The Balaban J connectivity index is 1.66. The van der Waals surface area contributed by atoms with Crippen LogP contribution in [0.4, 0.5) is 16.2 Å². The molecule has 1 amide bonds. The first-order chi connectivity index (χ1) is 12.0. The number of amides is 1. The maximum atomic E-state index is 11.1. The van der Waals surface area contributed by atoms with Crippen LogP contribution in [0.1, 0.15) is 5.89 Å². The van der Waals surface area contributed by atoms with E-state index in [1.807, 2.05) is 0 Å². The van der Waals surface area contributed by atoms with Gasteiger partial charge >= 0.3 is 6.09 Å². The molecule has 1 N–H and O–H groups in total. The number of non-ortho nitro benzene ring substituents is 1. The SMILES string of the molecule is COC(=O)Nc1ccc(OCc2nc3cc([N+](=O)[O-])ccc3o2)cc1. The molecule has 0 aliphatic heterocycles. The van der Waals surface area contributed by atoms with E-state index in [0.29, 0.717) is 28.4 Å². The maximum Gasteiger partial charge on any atom is 0.411 e. The number of nitro groups is 1. The summed E-state index contributed by atoms with van der Waals surface area (Å²) in [6, 6.07) is 10.8. The Morgan fingerprint density at radius 1 is 1.28 bits per heavy atom. The molecule has 25 heavy (non-hydrogen) atoms. The van der Waals surface area contributed by atoms with Gasteiger partial charge in [0.1, 0.15) is 11.3 Å². The van der Waals surface area contributed by atoms with Crippen molar-refractivity contribution < 1.29 is 23.6 Å². The van der Waals surface area contributed by atoms with Crippen molar-refractivity contribution in [2.75, 3.05) is 12.4 Å². The van der Waals surface area contributed by atoms with Gasteiger partial charge in [0.2, 0.25) is 5.89 Å². The van der Waals surface area contributed by atoms with Crippen molar-refractivity contribution in [2.45, 2.75) is 6.61 Å². The topological polar surface area (TPSA) is 117 Å². The number of nitrogens with zero attached hydrogens (tertiary/aromatic N) is 2. The van der Waals surface area contributed by atoms with Gasteiger partial charge in [0.05, 0.1) is 12.0 Å². The number of carbonyl (C=O) groups is 1. The Labute approximate surface area is 141 Å². The molecule has 0 saturated heterocycles. The molecule has 128 valence electrons. The molecule has 2 aromatic carbocycles. The maximum absolute atomic E-state index is 11.1. The third-order valence-corrected chi connectivity index (χ3v) is 3.27. The van der Waals surface area contributed by atoms with Gasteiger partial charge < -0.3 is 13.9 Å². The van der Waals surface area contributed by atoms with Crippen LogP contribution in [0.3, 0.4) is 0 Å². The third-order valence-electron chi connectivity index (χ3n) is 3.27. The molecule has 0 spiro atoms. The smallest absolute Gasteiger partial charge is 0.411 e. The van der Waals surface area contributed by atoms with Gasteiger partial charge in [0.25, 0.3) is 5.69 Å². The normalized spacial score (nSPS) is 10.4. The molecule has 0 unspecified atom stereocenters. The number of benzene rings is 2. The summed E-state index contributed by atoms with van der Waals surface area (Å²) in [4.78, 5) is 25.5. The molecule has 0 bridgehead atoms. The first-order valence-electron chi connectivity index (χ1n) is 7.17. The van der Waals surface area contributed by atoms with Crippen molar-refractivity contribution in [1.82, 2.24) is 4.98 Å². The number of rotatable bonds is 5. The van der Waals surface area contributed by atoms with Gasteiger partial charge in [-0.2, -0.15) is 0 Å². The van der Waals surface area contributed by atoms with Gasteiger partial charge in [-0.1, -0.05) is 0 Å². The molecular weight excluding hydrogens is 330 g/mol. The zero-order valence-electron chi connectivity index (χ0n) is 13.1. The van der Waals surface area contributed by atoms with E-state index in [-0.39, 0.29) is 12.3 Å². The first kappa shape index (κ1) is 16.2. The fourth-order valence-electron chi connectivity index (χ4n) is 2.09. The van der Waals surface area contributed by atoms with Gasteiger partial charge in [-0.3, -0.25) is 15.4 Å². The fraction of sp³-hybridized carbons (Fsp3) is 0.125. The summed E-state index contributed by atoms with van der Waals surface area (Å²) >= 11 is 0. The lowest BCUT2D eigenvalue weighted by molar-refractivity contribution is -0.384. The Morgan fingerprint density at radius 3 is 2.72 bits per heavy atom. The molecule has 0 fully saturated rings. The van der Waals surface area contributed by atoms with Crippen molar-refractivity contribution in [2.24, 2.45) is 0 Å². The Hall–Kier alpha value is -3.62. The number of hydrogen-bond acceptors (Lipinski definition) is 7. The van der Waals surface area contributed by atoms with Crippen molar-refractivity contribution in [3.05, 3.63) is 58.5 Å². The standard InChI is InChI=1S/C16H13N3O6/c1-23-16(20)17-10-2-5-12(6-3-10)24-9-15-18-13-8-11(19(21)22)4-7-14(13)25-15/h2-8H,9H2,1H3,(H,17,20). The number of nitro benzene ring substituents is 1. The predicted octanol–water partition coefficient (Wildman–Crippen LogP) is 3.49. The zero-order valence-corrected chi connectivity index (χ0v) is 13.1. The molecule has 0 radical (unpaired) electrons. The molecule has 9 heteroatoms. The van der Waals surface area contributed by atoms with E-state index in [1.165, 1.54) is 25.3 Å². The predicted molar refractivity (Wildman–Crippen MR) is 87.5 cm³/mol. The second-order valence-corrected chi connectivity index (χ2v) is 4.95. The Bertz CT molecular complexity index is 919. The van der Waals surface area contributed by atoms with Gasteiger partial charge in [0, 0.05) is 17.8 Å². The Morgan fingerprint density at radius 2 is 2.04 bits per heavy atom. The minimum Gasteiger partial charge on any atom is -0.484 e. The van der Waals surface area contributed by atoms with E-state index >= 15 is 0 Å². The van der Waals surface area contributed by atoms with Crippen LogP contribution in [0.2, 0.25) is 0 Å². The number of fused-ring (bicyclic) bond motifs is 1. The molecule has 0 aliphatic rings. The molecule has 1 heterocycles. The number of aromatic nitrogens is 1. The summed E-state index contributed by atoms with van der Waals surface area (Å²) in [7, 11) is 1.28. The second kappa shape index (κ2) is 6.87. The lowest BCUT2D eigenvalue weighted by Crippen LogP contribution is -2.10. The number of anilines is 1. The van der Waals surface area contributed by atoms with Crippen LogP contribution >= 0.6 is 0 Å². The molecule has 0 atom stereocenters. The molecule has 1 aromatic heterocycles. The summed E-state index contributed by atoms with van der Waals surface area (Å²) < 4.78 is 15.5. The number of hydrogen-bond donors (Lipinski definition) is 1. The highest BCUT2D eigenvalue weighted by atomic mass is 16.6. The average molecular weight is 343 g/mol. The summed E-state index contributed by atoms with van der Waals surface area (Å²) in [5.41, 5.74) is 1.35. The van der Waals surface area contributed by atoms with E-state index < -0.39 is 11.0 Å². The van der Waals surface area contributed by atoms with Gasteiger partial charge in [-0.05, 0) is 30.3 Å². The third kappa shape index (κ3) is 3.83. The van der Waals surface area contributed by atoms with Crippen LogP contribution in [0.15, 0.2) is 46.9 Å². The van der Waals surface area contributed by atoms with Gasteiger partial charge in [0.15, 0.2) is 12.2 Å². The van der Waals surface area contributed by atoms with E-state index in [1.54, 1.807) is 24.3 Å². The van der Waals surface area contributed by atoms with E-state index in [4.69, 9.17) is 9.15 Å². The molecular formula is C16H13N3O6. The van der Waals surface area contributed by atoms with Crippen molar-refractivity contribution in [1.29, 1.82) is 0 Å². The van der Waals surface area contributed by atoms with Gasteiger partial charge in [-0.15, -0.1) is 0 Å². The molecule has 3 aromatic rings. The lowest BCUT2D eigenvalue weighted by Gasteiger charge is -2.06. The van der Waals surface area contributed by atoms with Crippen LogP contribution in [-0.4, -0.2) is 23.1 Å². The van der Waals surface area contributed by atoms with Crippen molar-refractivity contribution in [3.63, 3.8) is 0 Å². The monoisotopic (exact) mass is 343 g/mol. The number of oxazole rings is 1. The van der Waals surface area contributed by atoms with E-state index in [2.05, 4.69) is 15.0 Å². The minimum atomic E-state index is -0.561. The largest absolute Gasteiger partial charge is 0.484 e. The van der Waals surface area contributed by atoms with Crippen LogP contribution in [0.5, 0.6) is 5.75 Å². The molecule has 3 rings (SSSR count). The molecule has 0 aliphatic carbocycles. The first-order valence-corrected chi connectivity index (χ1v) is 7.17. The number of methoxy groups -OCH3 is 1. The fourth-order valence-corrected chi connectivity index (χ4v) is 2.09. The molecule has 0 saturated carbocycles. The summed E-state index contributed by atoms with van der Waals surface area (Å²) in [5.74, 6) is 0.843. The van der Waals surface area contributed by atoms with Crippen LogP contribution in [0, 0.1) is 10.1 Å².